The smallest absolute Gasteiger partial charge is 0.258 e. The molecule has 22 heavy (non-hydrogen) atoms. The van der Waals surface area contributed by atoms with E-state index in [1.165, 1.54) is 25.7 Å². The lowest BCUT2D eigenvalue weighted by molar-refractivity contribution is -0.123. The molecule has 1 aliphatic carbocycles. The van der Waals surface area contributed by atoms with Crippen molar-refractivity contribution in [2.75, 3.05) is 6.61 Å². The Labute approximate surface area is 130 Å². The Morgan fingerprint density at radius 1 is 1.18 bits per heavy atom. The molecule has 0 bridgehead atoms. The summed E-state index contributed by atoms with van der Waals surface area (Å²) < 4.78 is 5.61. The molecular weight excluding hydrogens is 276 g/mol. The van der Waals surface area contributed by atoms with Gasteiger partial charge in [0.15, 0.2) is 6.61 Å². The van der Waals surface area contributed by atoms with Crippen molar-refractivity contribution in [3.63, 3.8) is 0 Å². The predicted octanol–water partition coefficient (Wildman–Crippen LogP) is 3.45. The number of ether oxygens (including phenoxy) is 1. The summed E-state index contributed by atoms with van der Waals surface area (Å²) in [6, 6.07) is 9.88. The van der Waals surface area contributed by atoms with Crippen molar-refractivity contribution in [3.05, 3.63) is 36.5 Å². The van der Waals surface area contributed by atoms with E-state index in [2.05, 4.69) is 10.3 Å². The quantitative estimate of drug-likeness (QED) is 0.880. The number of hydrogen-bond acceptors (Lipinski definition) is 3. The molecule has 0 atom stereocenters. The summed E-state index contributed by atoms with van der Waals surface area (Å²) in [6.45, 7) is 0.0717. The van der Waals surface area contributed by atoms with Gasteiger partial charge >= 0.3 is 0 Å². The van der Waals surface area contributed by atoms with Gasteiger partial charge in [-0.25, -0.2) is 0 Å². The van der Waals surface area contributed by atoms with Gasteiger partial charge in [-0.15, -0.1) is 0 Å². The number of nitrogens with zero attached hydrogens (tertiary/aromatic N) is 1. The highest BCUT2D eigenvalue weighted by Crippen LogP contribution is 2.19. The Balaban J connectivity index is 1.53. The molecule has 1 N–H and O–H groups in total. The number of carbonyl (C=O) groups is 1. The maximum atomic E-state index is 12.0. The van der Waals surface area contributed by atoms with Crippen LogP contribution in [0.1, 0.15) is 38.5 Å². The van der Waals surface area contributed by atoms with Gasteiger partial charge in [0.1, 0.15) is 5.75 Å². The summed E-state index contributed by atoms with van der Waals surface area (Å²) in [5, 5.41) is 4.11. The van der Waals surface area contributed by atoms with E-state index in [1.807, 2.05) is 30.3 Å². The summed E-state index contributed by atoms with van der Waals surface area (Å²) in [6.07, 6.45) is 8.94. The number of rotatable bonds is 4. The second-order valence-electron chi connectivity index (χ2n) is 5.90. The Morgan fingerprint density at radius 3 is 2.82 bits per heavy atom. The number of hydrogen-bond donors (Lipinski definition) is 1. The highest BCUT2D eigenvalue weighted by Gasteiger charge is 2.14. The van der Waals surface area contributed by atoms with E-state index in [0.29, 0.717) is 11.8 Å². The molecule has 3 rings (SSSR count). The van der Waals surface area contributed by atoms with Crippen molar-refractivity contribution in [2.24, 2.45) is 0 Å². The van der Waals surface area contributed by atoms with Gasteiger partial charge < -0.3 is 10.1 Å². The van der Waals surface area contributed by atoms with Gasteiger partial charge in [0.05, 0.1) is 5.52 Å². The van der Waals surface area contributed by atoms with Crippen LogP contribution in [0.2, 0.25) is 0 Å². The molecule has 0 unspecified atom stereocenters. The first-order valence-electron chi connectivity index (χ1n) is 8.08. The van der Waals surface area contributed by atoms with E-state index >= 15 is 0 Å². The molecule has 4 nitrogen and oxygen atoms in total. The van der Waals surface area contributed by atoms with Crippen LogP contribution in [-0.4, -0.2) is 23.5 Å². The van der Waals surface area contributed by atoms with Crippen LogP contribution in [0.4, 0.5) is 0 Å². The zero-order valence-electron chi connectivity index (χ0n) is 12.8. The van der Waals surface area contributed by atoms with Gasteiger partial charge in [0, 0.05) is 17.6 Å². The van der Waals surface area contributed by atoms with Gasteiger partial charge in [-0.05, 0) is 37.1 Å². The minimum Gasteiger partial charge on any atom is -0.484 e. The standard InChI is InChI=1S/C18H22N2O2/c21-18(20-15-7-3-1-2-4-8-15)13-22-16-9-10-17-14(12-16)6-5-11-19-17/h5-6,9-12,15H,1-4,7-8,13H2,(H,20,21). The fourth-order valence-electron chi connectivity index (χ4n) is 2.99. The van der Waals surface area contributed by atoms with Gasteiger partial charge in [0.25, 0.3) is 5.91 Å². The highest BCUT2D eigenvalue weighted by molar-refractivity contribution is 5.80. The summed E-state index contributed by atoms with van der Waals surface area (Å²) in [7, 11) is 0. The predicted molar refractivity (Wildman–Crippen MR) is 86.9 cm³/mol. The minimum atomic E-state index is -0.0295. The number of pyridine rings is 1. The molecule has 1 saturated carbocycles. The molecule has 0 radical (unpaired) electrons. The Bertz CT molecular complexity index is 634. The first-order chi connectivity index (χ1) is 10.8. The largest absolute Gasteiger partial charge is 0.484 e. The lowest BCUT2D eigenvalue weighted by Gasteiger charge is -2.16. The molecule has 1 aliphatic rings. The van der Waals surface area contributed by atoms with Crippen molar-refractivity contribution in [3.8, 4) is 5.75 Å². The Morgan fingerprint density at radius 2 is 2.00 bits per heavy atom. The molecule has 0 saturated heterocycles. The van der Waals surface area contributed by atoms with Gasteiger partial charge in [-0.2, -0.15) is 0 Å². The van der Waals surface area contributed by atoms with Crippen LogP contribution < -0.4 is 10.1 Å². The monoisotopic (exact) mass is 298 g/mol. The second kappa shape index (κ2) is 7.25. The third kappa shape index (κ3) is 3.97. The van der Waals surface area contributed by atoms with Crippen LogP contribution in [0.25, 0.3) is 10.9 Å². The number of amides is 1. The van der Waals surface area contributed by atoms with Crippen LogP contribution in [0, 0.1) is 0 Å². The van der Waals surface area contributed by atoms with Crippen molar-refractivity contribution >= 4 is 16.8 Å². The molecule has 116 valence electrons. The molecule has 4 heteroatoms. The lowest BCUT2D eigenvalue weighted by Crippen LogP contribution is -2.37. The molecule has 0 spiro atoms. The normalized spacial score (nSPS) is 16.2. The minimum absolute atomic E-state index is 0.0295. The van der Waals surface area contributed by atoms with Crippen LogP contribution >= 0.6 is 0 Å². The van der Waals surface area contributed by atoms with E-state index in [-0.39, 0.29) is 12.5 Å². The fraction of sp³-hybridized carbons (Fsp3) is 0.444. The van der Waals surface area contributed by atoms with Crippen LogP contribution in [0.3, 0.4) is 0 Å². The number of carbonyl (C=O) groups excluding carboxylic acids is 1. The van der Waals surface area contributed by atoms with Gasteiger partial charge in [-0.1, -0.05) is 31.7 Å². The van der Waals surface area contributed by atoms with E-state index in [0.717, 1.165) is 23.7 Å². The average Bonchev–Trinajstić information content (AvgIpc) is 2.81. The molecule has 1 heterocycles. The zero-order chi connectivity index (χ0) is 15.2. The topological polar surface area (TPSA) is 51.2 Å². The van der Waals surface area contributed by atoms with E-state index in [4.69, 9.17) is 4.74 Å². The number of aromatic nitrogens is 1. The molecule has 1 fully saturated rings. The maximum absolute atomic E-state index is 12.0. The molecule has 1 amide bonds. The number of nitrogens with one attached hydrogen (secondary N) is 1. The van der Waals surface area contributed by atoms with E-state index in [9.17, 15) is 4.79 Å². The van der Waals surface area contributed by atoms with Crippen molar-refractivity contribution < 1.29 is 9.53 Å². The fourth-order valence-corrected chi connectivity index (χ4v) is 2.99. The van der Waals surface area contributed by atoms with Crippen molar-refractivity contribution in [1.29, 1.82) is 0 Å². The zero-order valence-corrected chi connectivity index (χ0v) is 12.8. The first kappa shape index (κ1) is 14.8. The highest BCUT2D eigenvalue weighted by atomic mass is 16.5. The SMILES string of the molecule is O=C(COc1ccc2ncccc2c1)NC1CCCCCC1. The van der Waals surface area contributed by atoms with E-state index < -0.39 is 0 Å². The number of fused-ring (bicyclic) bond motifs is 1. The third-order valence-corrected chi connectivity index (χ3v) is 4.16. The van der Waals surface area contributed by atoms with Gasteiger partial charge in [0.2, 0.25) is 0 Å². The summed E-state index contributed by atoms with van der Waals surface area (Å²) in [4.78, 5) is 16.3. The molecular formula is C18H22N2O2. The number of benzene rings is 1. The molecule has 1 aromatic heterocycles. The first-order valence-corrected chi connectivity index (χ1v) is 8.08. The summed E-state index contributed by atoms with van der Waals surface area (Å²) >= 11 is 0. The lowest BCUT2D eigenvalue weighted by atomic mass is 10.1. The van der Waals surface area contributed by atoms with Crippen LogP contribution in [0.5, 0.6) is 5.75 Å². The van der Waals surface area contributed by atoms with Crippen LogP contribution in [0.15, 0.2) is 36.5 Å². The van der Waals surface area contributed by atoms with Crippen LogP contribution in [-0.2, 0) is 4.79 Å². The third-order valence-electron chi connectivity index (χ3n) is 4.16. The van der Waals surface area contributed by atoms with Crippen molar-refractivity contribution in [1.82, 2.24) is 10.3 Å². The Hall–Kier alpha value is -2.10. The summed E-state index contributed by atoms with van der Waals surface area (Å²) in [5.74, 6) is 0.676. The second-order valence-corrected chi connectivity index (χ2v) is 5.90. The Kier molecular flexibility index (Phi) is 4.88. The van der Waals surface area contributed by atoms with Crippen molar-refractivity contribution in [2.45, 2.75) is 44.6 Å². The summed E-state index contributed by atoms with van der Waals surface area (Å²) in [5.41, 5.74) is 0.928. The average molecular weight is 298 g/mol. The molecule has 2 aromatic rings. The maximum Gasteiger partial charge on any atom is 0.258 e. The molecule has 1 aromatic carbocycles. The van der Waals surface area contributed by atoms with E-state index in [1.54, 1.807) is 6.20 Å². The van der Waals surface area contributed by atoms with Gasteiger partial charge in [-0.3, -0.25) is 9.78 Å². The molecule has 0 aliphatic heterocycles.